The topological polar surface area (TPSA) is 34.9 Å². The standard InChI is InChI=1S/C19H11F3N2O/c20-19(21,22)13-4-3-5-14(10-13)24-17(25)9-8-12-11-23-16-7-2-1-6-15(16)18(12)24/h1-11H. The summed E-state index contributed by atoms with van der Waals surface area (Å²) in [5, 5.41) is 1.38. The third-order valence-electron chi connectivity index (χ3n) is 4.06. The average Bonchev–Trinajstić information content (AvgIpc) is 2.61. The van der Waals surface area contributed by atoms with Gasteiger partial charge in [0.1, 0.15) is 0 Å². The highest BCUT2D eigenvalue weighted by Crippen LogP contribution is 2.31. The highest BCUT2D eigenvalue weighted by atomic mass is 19.4. The van der Waals surface area contributed by atoms with Crippen LogP contribution < -0.4 is 5.56 Å². The van der Waals surface area contributed by atoms with Crippen molar-refractivity contribution in [2.45, 2.75) is 6.18 Å². The molecule has 0 spiro atoms. The van der Waals surface area contributed by atoms with Gasteiger partial charge in [0, 0.05) is 28.7 Å². The lowest BCUT2D eigenvalue weighted by atomic mass is 10.1. The van der Waals surface area contributed by atoms with E-state index in [2.05, 4.69) is 4.98 Å². The van der Waals surface area contributed by atoms with Crippen molar-refractivity contribution in [2.75, 3.05) is 0 Å². The van der Waals surface area contributed by atoms with E-state index in [1.54, 1.807) is 30.5 Å². The molecular formula is C19H11F3N2O. The van der Waals surface area contributed by atoms with E-state index in [1.165, 1.54) is 22.8 Å². The Kier molecular flexibility index (Phi) is 3.35. The second-order valence-corrected chi connectivity index (χ2v) is 5.63. The van der Waals surface area contributed by atoms with Gasteiger partial charge in [0.15, 0.2) is 0 Å². The van der Waals surface area contributed by atoms with Gasteiger partial charge < -0.3 is 0 Å². The van der Waals surface area contributed by atoms with Crippen LogP contribution in [0.15, 0.2) is 71.7 Å². The van der Waals surface area contributed by atoms with Gasteiger partial charge in [-0.15, -0.1) is 0 Å². The lowest BCUT2D eigenvalue weighted by Gasteiger charge is -2.14. The third-order valence-corrected chi connectivity index (χ3v) is 4.06. The Bertz CT molecular complexity index is 1160. The molecule has 4 aromatic rings. The van der Waals surface area contributed by atoms with E-state index in [9.17, 15) is 18.0 Å². The second kappa shape index (κ2) is 5.44. The minimum Gasteiger partial charge on any atom is -0.276 e. The zero-order valence-corrected chi connectivity index (χ0v) is 12.8. The summed E-state index contributed by atoms with van der Waals surface area (Å²) in [6, 6.07) is 14.9. The number of halogens is 3. The smallest absolute Gasteiger partial charge is 0.276 e. The summed E-state index contributed by atoms with van der Waals surface area (Å²) in [7, 11) is 0. The number of nitrogens with zero attached hydrogens (tertiary/aromatic N) is 2. The summed E-state index contributed by atoms with van der Waals surface area (Å²) in [6.07, 6.45) is -2.87. The highest BCUT2D eigenvalue weighted by Gasteiger charge is 2.30. The first-order valence-corrected chi connectivity index (χ1v) is 7.52. The maximum Gasteiger partial charge on any atom is 0.416 e. The fourth-order valence-corrected chi connectivity index (χ4v) is 2.94. The zero-order valence-electron chi connectivity index (χ0n) is 12.8. The lowest BCUT2D eigenvalue weighted by Crippen LogP contribution is -2.18. The maximum atomic E-state index is 13.1. The van der Waals surface area contributed by atoms with E-state index in [1.807, 2.05) is 6.07 Å². The molecule has 25 heavy (non-hydrogen) atoms. The molecular weight excluding hydrogens is 329 g/mol. The predicted molar refractivity (Wildman–Crippen MR) is 89.8 cm³/mol. The first-order valence-electron chi connectivity index (χ1n) is 7.52. The van der Waals surface area contributed by atoms with Crippen LogP contribution in [0.4, 0.5) is 13.2 Å². The minimum absolute atomic E-state index is 0.168. The van der Waals surface area contributed by atoms with Crippen LogP contribution in [0, 0.1) is 0 Å². The first kappa shape index (κ1) is 15.4. The van der Waals surface area contributed by atoms with E-state index in [4.69, 9.17) is 0 Å². The molecule has 0 N–H and O–H groups in total. The molecule has 2 aromatic carbocycles. The number of benzene rings is 2. The van der Waals surface area contributed by atoms with Crippen molar-refractivity contribution < 1.29 is 13.2 Å². The number of pyridine rings is 2. The van der Waals surface area contributed by atoms with Gasteiger partial charge in [-0.3, -0.25) is 14.3 Å². The van der Waals surface area contributed by atoms with Crippen molar-refractivity contribution in [3.8, 4) is 5.69 Å². The van der Waals surface area contributed by atoms with Crippen molar-refractivity contribution in [1.82, 2.24) is 9.55 Å². The summed E-state index contributed by atoms with van der Waals surface area (Å²) in [4.78, 5) is 16.8. The Labute approximate surface area is 140 Å². The molecule has 4 rings (SSSR count). The highest BCUT2D eigenvalue weighted by molar-refractivity contribution is 6.03. The van der Waals surface area contributed by atoms with Crippen LogP contribution >= 0.6 is 0 Å². The average molecular weight is 340 g/mol. The van der Waals surface area contributed by atoms with Crippen molar-refractivity contribution in [1.29, 1.82) is 0 Å². The molecule has 0 fully saturated rings. The lowest BCUT2D eigenvalue weighted by molar-refractivity contribution is -0.137. The fourth-order valence-electron chi connectivity index (χ4n) is 2.94. The van der Waals surface area contributed by atoms with Crippen molar-refractivity contribution >= 4 is 21.8 Å². The largest absolute Gasteiger partial charge is 0.416 e. The van der Waals surface area contributed by atoms with Crippen molar-refractivity contribution in [3.05, 3.63) is 82.8 Å². The molecule has 0 saturated heterocycles. The molecule has 2 aromatic heterocycles. The Balaban J connectivity index is 2.13. The van der Waals surface area contributed by atoms with Crippen LogP contribution in [0.3, 0.4) is 0 Å². The summed E-state index contributed by atoms with van der Waals surface area (Å²) >= 11 is 0. The van der Waals surface area contributed by atoms with E-state index in [-0.39, 0.29) is 5.69 Å². The van der Waals surface area contributed by atoms with Crippen LogP contribution in [0.1, 0.15) is 5.56 Å². The third kappa shape index (κ3) is 2.55. The van der Waals surface area contributed by atoms with Gasteiger partial charge in [0.05, 0.1) is 16.6 Å². The van der Waals surface area contributed by atoms with Crippen LogP contribution in [-0.2, 0) is 6.18 Å². The van der Waals surface area contributed by atoms with Crippen LogP contribution in [0.5, 0.6) is 0 Å². The van der Waals surface area contributed by atoms with Gasteiger partial charge in [-0.2, -0.15) is 13.2 Å². The first-order chi connectivity index (χ1) is 11.9. The summed E-state index contributed by atoms with van der Waals surface area (Å²) in [5.74, 6) is 0. The Morgan fingerprint density at radius 2 is 1.72 bits per heavy atom. The van der Waals surface area contributed by atoms with Crippen LogP contribution in [0.25, 0.3) is 27.5 Å². The summed E-state index contributed by atoms with van der Waals surface area (Å²) < 4.78 is 40.5. The monoisotopic (exact) mass is 340 g/mol. The number of rotatable bonds is 1. The Morgan fingerprint density at radius 1 is 0.920 bits per heavy atom. The molecule has 2 heterocycles. The number of para-hydroxylation sites is 1. The number of alkyl halides is 3. The molecule has 0 saturated carbocycles. The van der Waals surface area contributed by atoms with Gasteiger partial charge >= 0.3 is 6.18 Å². The molecule has 3 nitrogen and oxygen atoms in total. The minimum atomic E-state index is -4.48. The molecule has 0 aliphatic carbocycles. The summed E-state index contributed by atoms with van der Waals surface area (Å²) in [6.45, 7) is 0. The second-order valence-electron chi connectivity index (χ2n) is 5.63. The van der Waals surface area contributed by atoms with Gasteiger partial charge in [0.2, 0.25) is 0 Å². The van der Waals surface area contributed by atoms with Gasteiger partial charge in [-0.05, 0) is 30.3 Å². The van der Waals surface area contributed by atoms with Crippen LogP contribution in [0.2, 0.25) is 0 Å². The number of hydrogen-bond donors (Lipinski definition) is 0. The molecule has 0 bridgehead atoms. The van der Waals surface area contributed by atoms with Gasteiger partial charge in [-0.1, -0.05) is 24.3 Å². The van der Waals surface area contributed by atoms with Crippen molar-refractivity contribution in [3.63, 3.8) is 0 Å². The molecule has 0 aliphatic heterocycles. The summed E-state index contributed by atoms with van der Waals surface area (Å²) in [5.41, 5.74) is 0.177. The van der Waals surface area contributed by atoms with Gasteiger partial charge in [0.25, 0.3) is 5.56 Å². The molecule has 6 heteroatoms. The van der Waals surface area contributed by atoms with Crippen molar-refractivity contribution in [2.24, 2.45) is 0 Å². The zero-order chi connectivity index (χ0) is 17.6. The number of hydrogen-bond acceptors (Lipinski definition) is 2. The van der Waals surface area contributed by atoms with E-state index in [0.717, 1.165) is 12.1 Å². The predicted octanol–water partition coefficient (Wildman–Crippen LogP) is 4.56. The maximum absolute atomic E-state index is 13.1. The molecule has 0 unspecified atom stereocenters. The van der Waals surface area contributed by atoms with Crippen LogP contribution in [-0.4, -0.2) is 9.55 Å². The quantitative estimate of drug-likeness (QED) is 0.476. The molecule has 0 amide bonds. The fraction of sp³-hybridized carbons (Fsp3) is 0.0526. The van der Waals surface area contributed by atoms with E-state index in [0.29, 0.717) is 21.8 Å². The Hall–Kier alpha value is -3.15. The molecule has 0 radical (unpaired) electrons. The number of aromatic nitrogens is 2. The molecule has 0 atom stereocenters. The SMILES string of the molecule is O=c1ccc2cnc3ccccc3c2n1-c1cccc(C(F)(F)F)c1. The number of fused-ring (bicyclic) bond motifs is 3. The van der Waals surface area contributed by atoms with E-state index < -0.39 is 17.3 Å². The van der Waals surface area contributed by atoms with Gasteiger partial charge in [-0.25, -0.2) is 0 Å². The van der Waals surface area contributed by atoms with E-state index >= 15 is 0 Å². The molecule has 0 aliphatic rings. The molecule has 124 valence electrons. The normalized spacial score (nSPS) is 12.0. The Morgan fingerprint density at radius 3 is 2.52 bits per heavy atom.